The van der Waals surface area contributed by atoms with Gasteiger partial charge in [-0.3, -0.25) is 4.99 Å². The van der Waals surface area contributed by atoms with Crippen LogP contribution < -0.4 is 4.74 Å². The first kappa shape index (κ1) is 23.4. The molecule has 31 heavy (non-hydrogen) atoms. The molecule has 2 aromatic rings. The predicted octanol–water partition coefficient (Wildman–Crippen LogP) is 6.93. The fourth-order valence-electron chi connectivity index (χ4n) is 4.73. The number of likely N-dealkylation sites (tertiary alicyclic amines) is 1. The topological polar surface area (TPSA) is 24.8 Å². The highest BCUT2D eigenvalue weighted by Gasteiger charge is 2.28. The Balaban J connectivity index is 1.53. The summed E-state index contributed by atoms with van der Waals surface area (Å²) in [5.74, 6) is 2.01. The minimum atomic E-state index is 0.439. The number of rotatable bonds is 12. The molecule has 0 radical (unpaired) electrons. The van der Waals surface area contributed by atoms with Crippen molar-refractivity contribution >= 4 is 6.34 Å². The number of hydrogen-bond donors (Lipinski definition) is 0. The summed E-state index contributed by atoms with van der Waals surface area (Å²) < 4.78 is 5.37. The molecule has 1 fully saturated rings. The summed E-state index contributed by atoms with van der Waals surface area (Å²) in [6.07, 6.45) is 12.5. The van der Waals surface area contributed by atoms with Crippen LogP contribution in [-0.4, -0.2) is 38.0 Å². The first-order chi connectivity index (χ1) is 15.3. The lowest BCUT2D eigenvalue weighted by atomic mass is 9.76. The average Bonchev–Trinajstić information content (AvgIpc) is 2.83. The molecular formula is C28H40N2O. The van der Waals surface area contributed by atoms with E-state index < -0.39 is 0 Å². The second-order valence-corrected chi connectivity index (χ2v) is 8.82. The fraction of sp³-hybridized carbons (Fsp3) is 0.536. The van der Waals surface area contributed by atoms with E-state index in [4.69, 9.17) is 9.73 Å². The van der Waals surface area contributed by atoms with Gasteiger partial charge in [0.25, 0.3) is 0 Å². The summed E-state index contributed by atoms with van der Waals surface area (Å²) in [5.41, 5.74) is 2.81. The lowest BCUT2D eigenvalue weighted by molar-refractivity contribution is 0.254. The molecule has 168 valence electrons. The number of nitrogens with zero attached hydrogens (tertiary/aromatic N) is 2. The minimum Gasteiger partial charge on any atom is -0.497 e. The Kier molecular flexibility index (Phi) is 9.95. The third kappa shape index (κ3) is 7.41. The maximum atomic E-state index is 5.37. The van der Waals surface area contributed by atoms with E-state index in [1.54, 1.807) is 7.11 Å². The van der Waals surface area contributed by atoms with Crippen LogP contribution in [0.4, 0.5) is 0 Å². The van der Waals surface area contributed by atoms with Crippen LogP contribution in [0.1, 0.15) is 75.3 Å². The number of piperidine rings is 1. The van der Waals surface area contributed by atoms with Gasteiger partial charge in [0.05, 0.1) is 13.4 Å². The number of ether oxygens (including phenoxy) is 1. The van der Waals surface area contributed by atoms with E-state index in [2.05, 4.69) is 72.8 Å². The van der Waals surface area contributed by atoms with Crippen LogP contribution in [-0.2, 0) is 0 Å². The molecule has 1 heterocycles. The second kappa shape index (κ2) is 13.2. The quantitative estimate of drug-likeness (QED) is 0.211. The Morgan fingerprint density at radius 2 is 1.55 bits per heavy atom. The summed E-state index contributed by atoms with van der Waals surface area (Å²) >= 11 is 0. The molecular weight excluding hydrogens is 380 g/mol. The van der Waals surface area contributed by atoms with Gasteiger partial charge in [0.2, 0.25) is 0 Å². The second-order valence-electron chi connectivity index (χ2n) is 8.82. The Labute approximate surface area is 189 Å². The monoisotopic (exact) mass is 420 g/mol. The van der Waals surface area contributed by atoms with Gasteiger partial charge in [0.15, 0.2) is 0 Å². The summed E-state index contributed by atoms with van der Waals surface area (Å²) in [7, 11) is 1.73. The van der Waals surface area contributed by atoms with Crippen molar-refractivity contribution in [2.75, 3.05) is 26.7 Å². The zero-order valence-electron chi connectivity index (χ0n) is 19.5. The van der Waals surface area contributed by atoms with Crippen LogP contribution >= 0.6 is 0 Å². The van der Waals surface area contributed by atoms with Gasteiger partial charge in [-0.2, -0.15) is 0 Å². The molecule has 1 unspecified atom stereocenters. The van der Waals surface area contributed by atoms with Crippen molar-refractivity contribution < 1.29 is 4.74 Å². The third-order valence-corrected chi connectivity index (χ3v) is 6.56. The molecule has 0 aromatic heterocycles. The van der Waals surface area contributed by atoms with E-state index in [0.717, 1.165) is 25.4 Å². The maximum absolute atomic E-state index is 5.37. The average molecular weight is 421 g/mol. The van der Waals surface area contributed by atoms with Crippen molar-refractivity contribution in [3.8, 4) is 5.75 Å². The van der Waals surface area contributed by atoms with Crippen LogP contribution in [0.25, 0.3) is 0 Å². The summed E-state index contributed by atoms with van der Waals surface area (Å²) in [6, 6.07) is 19.7. The number of benzene rings is 2. The van der Waals surface area contributed by atoms with Crippen molar-refractivity contribution in [2.24, 2.45) is 10.9 Å². The number of aliphatic imine (C=N–C) groups is 1. The van der Waals surface area contributed by atoms with Gasteiger partial charge < -0.3 is 9.64 Å². The molecule has 3 rings (SSSR count). The number of unbranched alkanes of at least 4 members (excludes halogenated alkanes) is 5. The van der Waals surface area contributed by atoms with Crippen molar-refractivity contribution in [3.63, 3.8) is 0 Å². The van der Waals surface area contributed by atoms with Gasteiger partial charge in [-0.15, -0.1) is 0 Å². The normalized spacial score (nSPS) is 16.0. The highest BCUT2D eigenvalue weighted by Crippen LogP contribution is 2.38. The molecule has 0 saturated carbocycles. The van der Waals surface area contributed by atoms with Gasteiger partial charge in [0.1, 0.15) is 5.75 Å². The van der Waals surface area contributed by atoms with Crippen molar-refractivity contribution in [3.05, 3.63) is 65.7 Å². The predicted molar refractivity (Wildman–Crippen MR) is 132 cm³/mol. The Morgan fingerprint density at radius 1 is 0.903 bits per heavy atom. The highest BCUT2D eigenvalue weighted by atomic mass is 16.5. The number of hydrogen-bond acceptors (Lipinski definition) is 2. The molecule has 3 nitrogen and oxygen atoms in total. The van der Waals surface area contributed by atoms with E-state index in [9.17, 15) is 0 Å². The largest absolute Gasteiger partial charge is 0.497 e. The minimum absolute atomic E-state index is 0.439. The molecule has 0 N–H and O–H groups in total. The first-order valence-corrected chi connectivity index (χ1v) is 12.2. The van der Waals surface area contributed by atoms with E-state index in [1.165, 1.54) is 62.5 Å². The van der Waals surface area contributed by atoms with Crippen LogP contribution in [0.2, 0.25) is 0 Å². The molecule has 0 spiro atoms. The van der Waals surface area contributed by atoms with Crippen molar-refractivity contribution in [2.45, 2.75) is 64.2 Å². The molecule has 1 aliphatic heterocycles. The molecule has 1 saturated heterocycles. The molecule has 0 amide bonds. The first-order valence-electron chi connectivity index (χ1n) is 12.2. The van der Waals surface area contributed by atoms with E-state index in [-0.39, 0.29) is 0 Å². The number of methoxy groups -OCH3 is 1. The zero-order valence-corrected chi connectivity index (χ0v) is 19.5. The SMILES string of the molecule is CCCCCCCCN=CN1CCC(C(c2ccccc2)c2ccc(OC)cc2)CC1. The zero-order chi connectivity index (χ0) is 21.7. The van der Waals surface area contributed by atoms with E-state index >= 15 is 0 Å². The summed E-state index contributed by atoms with van der Waals surface area (Å²) in [4.78, 5) is 7.13. The van der Waals surface area contributed by atoms with Crippen LogP contribution in [0, 0.1) is 5.92 Å². The Morgan fingerprint density at radius 3 is 2.23 bits per heavy atom. The Bertz CT molecular complexity index is 748. The van der Waals surface area contributed by atoms with Crippen molar-refractivity contribution in [1.29, 1.82) is 0 Å². The standard InChI is InChI=1S/C28H40N2O/c1-3-4-5-6-7-11-20-29-23-30-21-18-26(19-22-30)28(24-12-9-8-10-13-24)25-14-16-27(31-2)17-15-25/h8-10,12-17,23,26,28H,3-7,11,18-22H2,1-2H3. The lowest BCUT2D eigenvalue weighted by Gasteiger charge is -2.36. The van der Waals surface area contributed by atoms with Gasteiger partial charge in [-0.05, 0) is 48.4 Å². The Hall–Kier alpha value is -2.29. The molecule has 1 atom stereocenters. The van der Waals surface area contributed by atoms with Crippen molar-refractivity contribution in [1.82, 2.24) is 4.90 Å². The molecule has 3 heteroatoms. The molecule has 1 aliphatic rings. The maximum Gasteiger partial charge on any atom is 0.118 e. The van der Waals surface area contributed by atoms with Crippen LogP contribution in [0.15, 0.2) is 59.6 Å². The van der Waals surface area contributed by atoms with Crippen LogP contribution in [0.5, 0.6) is 5.75 Å². The summed E-state index contributed by atoms with van der Waals surface area (Å²) in [6.45, 7) is 5.45. The van der Waals surface area contributed by atoms with Gasteiger partial charge in [-0.25, -0.2) is 0 Å². The van der Waals surface area contributed by atoms with E-state index in [1.807, 2.05) is 0 Å². The van der Waals surface area contributed by atoms with Gasteiger partial charge in [-0.1, -0.05) is 81.5 Å². The van der Waals surface area contributed by atoms with Gasteiger partial charge >= 0.3 is 0 Å². The lowest BCUT2D eigenvalue weighted by Crippen LogP contribution is -2.35. The molecule has 2 aromatic carbocycles. The van der Waals surface area contributed by atoms with E-state index in [0.29, 0.717) is 11.8 Å². The van der Waals surface area contributed by atoms with Gasteiger partial charge in [0, 0.05) is 25.6 Å². The third-order valence-electron chi connectivity index (χ3n) is 6.56. The highest BCUT2D eigenvalue weighted by molar-refractivity contribution is 5.55. The summed E-state index contributed by atoms with van der Waals surface area (Å²) in [5, 5.41) is 0. The smallest absolute Gasteiger partial charge is 0.118 e. The fourth-order valence-corrected chi connectivity index (χ4v) is 4.73. The molecule has 0 bridgehead atoms. The van der Waals surface area contributed by atoms with Crippen LogP contribution in [0.3, 0.4) is 0 Å². The molecule has 0 aliphatic carbocycles.